The van der Waals surface area contributed by atoms with Crippen LogP contribution in [0.15, 0.2) is 127 Å². The van der Waals surface area contributed by atoms with Gasteiger partial charge in [-0.15, -0.1) is 0 Å². The summed E-state index contributed by atoms with van der Waals surface area (Å²) < 4.78 is 0. The van der Waals surface area contributed by atoms with Crippen molar-refractivity contribution < 1.29 is 0 Å². The van der Waals surface area contributed by atoms with E-state index in [1.165, 1.54) is 37.8 Å². The van der Waals surface area contributed by atoms with E-state index >= 15 is 0 Å². The zero-order valence-corrected chi connectivity index (χ0v) is 33.0. The van der Waals surface area contributed by atoms with Gasteiger partial charge in [-0.05, 0) is 40.5 Å². The molecule has 0 N–H and O–H groups in total. The molecule has 5 aromatic carbocycles. The van der Waals surface area contributed by atoms with Gasteiger partial charge in [-0.1, -0.05) is 184 Å². The third kappa shape index (κ3) is 7.59. The molecule has 1 aromatic heterocycles. The highest BCUT2D eigenvalue weighted by molar-refractivity contribution is 6.89. The molecule has 0 saturated heterocycles. The van der Waals surface area contributed by atoms with Gasteiger partial charge in [-0.2, -0.15) is 0 Å². The van der Waals surface area contributed by atoms with Crippen molar-refractivity contribution >= 4 is 39.8 Å². The van der Waals surface area contributed by atoms with E-state index in [4.69, 9.17) is 9.97 Å². The third-order valence-electron chi connectivity index (χ3n) is 9.22. The van der Waals surface area contributed by atoms with E-state index in [9.17, 15) is 0 Å². The summed E-state index contributed by atoms with van der Waals surface area (Å²) in [5.41, 5.74) is 9.97. The highest BCUT2D eigenvalue weighted by Gasteiger charge is 2.19. The SMILES string of the molecule is C[Si](C)(C)c1ccc(-c2cccc(-c3cccc(-c4cc(-c5ccc([Si](C)(C)C)cc5)nc(-c5ccc([Si](C)(C)C)cc5)n4)c3)c2)cc1. The topological polar surface area (TPSA) is 25.8 Å². The molecule has 6 rings (SSSR count). The molecule has 0 bridgehead atoms. The van der Waals surface area contributed by atoms with Crippen molar-refractivity contribution in [3.63, 3.8) is 0 Å². The summed E-state index contributed by atoms with van der Waals surface area (Å²) in [6, 6.07) is 47.0. The Morgan fingerprint density at radius 3 is 1.08 bits per heavy atom. The molecule has 0 unspecified atom stereocenters. The molecular weight excluding hydrogens is 629 g/mol. The lowest BCUT2D eigenvalue weighted by atomic mass is 9.97. The third-order valence-corrected chi connectivity index (χ3v) is 15.4. The molecule has 0 spiro atoms. The second-order valence-corrected chi connectivity index (χ2v) is 31.3. The molecular formula is C43H48N2Si3. The summed E-state index contributed by atoms with van der Waals surface area (Å²) >= 11 is 0. The molecule has 0 atom stereocenters. The monoisotopic (exact) mass is 676 g/mol. The number of benzene rings is 5. The van der Waals surface area contributed by atoms with E-state index in [0.29, 0.717) is 0 Å². The molecule has 0 saturated carbocycles. The Morgan fingerprint density at radius 2 is 0.646 bits per heavy atom. The van der Waals surface area contributed by atoms with Gasteiger partial charge in [0.15, 0.2) is 5.82 Å². The van der Waals surface area contributed by atoms with Crippen LogP contribution in [0, 0.1) is 0 Å². The quantitative estimate of drug-likeness (QED) is 0.150. The molecule has 242 valence electrons. The van der Waals surface area contributed by atoms with E-state index < -0.39 is 24.2 Å². The molecule has 0 aliphatic heterocycles. The van der Waals surface area contributed by atoms with Gasteiger partial charge in [0.2, 0.25) is 0 Å². The first-order chi connectivity index (χ1) is 22.6. The van der Waals surface area contributed by atoms with Crippen molar-refractivity contribution in [1.82, 2.24) is 9.97 Å². The van der Waals surface area contributed by atoms with Crippen LogP contribution in [0.1, 0.15) is 0 Å². The van der Waals surface area contributed by atoms with Gasteiger partial charge < -0.3 is 0 Å². The Hall–Kier alpha value is -4.17. The zero-order valence-electron chi connectivity index (χ0n) is 30.0. The zero-order chi connectivity index (χ0) is 34.3. The Balaban J connectivity index is 1.41. The van der Waals surface area contributed by atoms with Crippen LogP contribution >= 0.6 is 0 Å². The van der Waals surface area contributed by atoms with Crippen LogP contribution in [0.25, 0.3) is 56.2 Å². The van der Waals surface area contributed by atoms with E-state index in [1.807, 2.05) is 0 Å². The lowest BCUT2D eigenvalue weighted by Crippen LogP contribution is -2.37. The number of hydrogen-bond donors (Lipinski definition) is 0. The first-order valence-corrected chi connectivity index (χ1v) is 27.6. The predicted octanol–water partition coefficient (Wildman–Crippen LogP) is 10.4. The van der Waals surface area contributed by atoms with Crippen LogP contribution < -0.4 is 15.6 Å². The number of rotatable bonds is 8. The summed E-state index contributed by atoms with van der Waals surface area (Å²) in [7, 11) is -4.16. The maximum absolute atomic E-state index is 5.19. The minimum atomic E-state index is -1.42. The van der Waals surface area contributed by atoms with Crippen molar-refractivity contribution in [3.05, 3.63) is 127 Å². The minimum absolute atomic E-state index is 0.757. The van der Waals surface area contributed by atoms with Gasteiger partial charge in [-0.25, -0.2) is 9.97 Å². The lowest BCUT2D eigenvalue weighted by Gasteiger charge is -2.17. The Labute approximate surface area is 291 Å². The highest BCUT2D eigenvalue weighted by Crippen LogP contribution is 2.32. The fourth-order valence-corrected chi connectivity index (χ4v) is 9.53. The number of nitrogens with zero attached hydrogens (tertiary/aromatic N) is 2. The van der Waals surface area contributed by atoms with Gasteiger partial charge in [0.25, 0.3) is 0 Å². The molecule has 1 heterocycles. The van der Waals surface area contributed by atoms with Gasteiger partial charge in [0.05, 0.1) is 35.6 Å². The molecule has 0 amide bonds. The van der Waals surface area contributed by atoms with Crippen LogP contribution in [0.3, 0.4) is 0 Å². The summed E-state index contributed by atoms with van der Waals surface area (Å²) in [6.45, 7) is 21.5. The molecule has 6 aromatic rings. The average molecular weight is 677 g/mol. The second kappa shape index (κ2) is 13.0. The van der Waals surface area contributed by atoms with Gasteiger partial charge >= 0.3 is 0 Å². The van der Waals surface area contributed by atoms with Crippen LogP contribution in [-0.4, -0.2) is 34.2 Å². The Bertz CT molecular complexity index is 1970. The summed E-state index contributed by atoms with van der Waals surface area (Å²) in [6.07, 6.45) is 0. The molecule has 0 aliphatic carbocycles. The smallest absolute Gasteiger partial charge is 0.160 e. The van der Waals surface area contributed by atoms with Crippen molar-refractivity contribution in [2.45, 2.75) is 58.9 Å². The van der Waals surface area contributed by atoms with Crippen LogP contribution in [-0.2, 0) is 0 Å². The van der Waals surface area contributed by atoms with Crippen molar-refractivity contribution in [2.24, 2.45) is 0 Å². The van der Waals surface area contributed by atoms with Crippen molar-refractivity contribution in [2.75, 3.05) is 0 Å². The van der Waals surface area contributed by atoms with Gasteiger partial charge in [0, 0.05) is 16.7 Å². The molecule has 0 fully saturated rings. The van der Waals surface area contributed by atoms with Crippen molar-refractivity contribution in [3.8, 4) is 56.2 Å². The summed E-state index contributed by atoms with van der Waals surface area (Å²) in [4.78, 5) is 10.3. The van der Waals surface area contributed by atoms with E-state index in [-0.39, 0.29) is 0 Å². The van der Waals surface area contributed by atoms with Gasteiger partial charge in [0.1, 0.15) is 0 Å². The van der Waals surface area contributed by atoms with E-state index in [1.54, 1.807) is 0 Å². The Morgan fingerprint density at radius 1 is 0.312 bits per heavy atom. The van der Waals surface area contributed by atoms with E-state index in [2.05, 4.69) is 186 Å². The fourth-order valence-electron chi connectivity index (χ4n) is 6.03. The standard InChI is InChI=1S/C43H48N2Si3/c1-46(2,3)38-22-16-31(17-23-38)34-12-10-13-35(28-34)36-14-11-15-37(29-36)42-30-41(32-18-24-39(25-19-32)47(4,5)6)44-43(45-42)33-20-26-40(27-21-33)48(7,8)9/h10-30H,1-9H3. The maximum Gasteiger partial charge on any atom is 0.160 e. The highest BCUT2D eigenvalue weighted by atomic mass is 28.3. The number of hydrogen-bond acceptors (Lipinski definition) is 2. The normalized spacial score (nSPS) is 12.3. The largest absolute Gasteiger partial charge is 0.228 e. The predicted molar refractivity (Wildman–Crippen MR) is 218 cm³/mol. The average Bonchev–Trinajstić information content (AvgIpc) is 3.07. The van der Waals surface area contributed by atoms with Crippen LogP contribution in [0.2, 0.25) is 58.9 Å². The first kappa shape index (κ1) is 33.7. The van der Waals surface area contributed by atoms with E-state index in [0.717, 1.165) is 33.9 Å². The second-order valence-electron chi connectivity index (χ2n) is 16.1. The van der Waals surface area contributed by atoms with Crippen LogP contribution in [0.4, 0.5) is 0 Å². The summed E-state index contributed by atoms with van der Waals surface area (Å²) in [5.74, 6) is 0.757. The maximum atomic E-state index is 5.19. The number of aromatic nitrogens is 2. The lowest BCUT2D eigenvalue weighted by molar-refractivity contribution is 1.18. The molecule has 0 radical (unpaired) electrons. The Kier molecular flexibility index (Phi) is 9.16. The molecule has 48 heavy (non-hydrogen) atoms. The molecule has 2 nitrogen and oxygen atoms in total. The fraction of sp³-hybridized carbons (Fsp3) is 0.209. The van der Waals surface area contributed by atoms with Gasteiger partial charge in [-0.3, -0.25) is 0 Å². The minimum Gasteiger partial charge on any atom is -0.228 e. The molecule has 0 aliphatic rings. The first-order valence-electron chi connectivity index (χ1n) is 17.1. The molecule has 5 heteroatoms. The summed E-state index contributed by atoms with van der Waals surface area (Å²) in [5, 5.41) is 4.37. The van der Waals surface area contributed by atoms with Crippen molar-refractivity contribution in [1.29, 1.82) is 0 Å². The van der Waals surface area contributed by atoms with Crippen LogP contribution in [0.5, 0.6) is 0 Å².